The van der Waals surface area contributed by atoms with Crippen molar-refractivity contribution in [2.24, 2.45) is 0 Å². The summed E-state index contributed by atoms with van der Waals surface area (Å²) in [5, 5.41) is 11.3. The molecule has 0 bridgehead atoms. The van der Waals surface area contributed by atoms with E-state index < -0.39 is 17.7 Å². The van der Waals surface area contributed by atoms with Gasteiger partial charge in [0.05, 0.1) is 39.0 Å². The van der Waals surface area contributed by atoms with Crippen LogP contribution in [0.1, 0.15) is 29.7 Å². The molecule has 0 aliphatic carbocycles. The number of hydrogen-bond acceptors (Lipinski definition) is 6. The highest BCUT2D eigenvalue weighted by Crippen LogP contribution is 2.41. The van der Waals surface area contributed by atoms with Crippen LogP contribution in [0.25, 0.3) is 5.76 Å². The van der Waals surface area contributed by atoms with Gasteiger partial charge in [-0.15, -0.1) is 0 Å². The molecule has 1 unspecified atom stereocenters. The van der Waals surface area contributed by atoms with E-state index in [9.17, 15) is 14.7 Å². The van der Waals surface area contributed by atoms with Crippen molar-refractivity contribution in [2.45, 2.75) is 19.5 Å². The van der Waals surface area contributed by atoms with E-state index in [0.29, 0.717) is 35.0 Å². The van der Waals surface area contributed by atoms with Crippen molar-refractivity contribution in [1.29, 1.82) is 0 Å². The second-order valence-electron chi connectivity index (χ2n) is 7.97. The number of aliphatic hydroxyl groups is 1. The van der Waals surface area contributed by atoms with Crippen LogP contribution in [-0.4, -0.2) is 42.5 Å². The number of methoxy groups -OCH3 is 2. The Balaban J connectivity index is 1.85. The van der Waals surface area contributed by atoms with Crippen molar-refractivity contribution < 1.29 is 28.9 Å². The Kier molecular flexibility index (Phi) is 7.06. The molecule has 35 heavy (non-hydrogen) atoms. The van der Waals surface area contributed by atoms with E-state index in [-0.39, 0.29) is 17.9 Å². The summed E-state index contributed by atoms with van der Waals surface area (Å²) in [7, 11) is 3.07. The number of likely N-dealkylation sites (tertiary alicyclic amines) is 1. The van der Waals surface area contributed by atoms with Gasteiger partial charge in [0.2, 0.25) is 0 Å². The van der Waals surface area contributed by atoms with Gasteiger partial charge in [0.15, 0.2) is 0 Å². The van der Waals surface area contributed by atoms with Crippen LogP contribution in [0.4, 0.5) is 0 Å². The Bertz CT molecular complexity index is 1260. The average Bonchev–Trinajstić information content (AvgIpc) is 3.14. The molecule has 1 amide bonds. The van der Waals surface area contributed by atoms with Gasteiger partial charge in [0.25, 0.3) is 11.7 Å². The van der Waals surface area contributed by atoms with Gasteiger partial charge < -0.3 is 24.2 Å². The maximum atomic E-state index is 13.3. The first-order valence-corrected chi connectivity index (χ1v) is 11.3. The molecule has 1 aliphatic rings. The van der Waals surface area contributed by atoms with Crippen molar-refractivity contribution in [3.05, 3.63) is 95.1 Å². The molecule has 0 saturated carbocycles. The molecule has 1 atom stereocenters. The van der Waals surface area contributed by atoms with Crippen LogP contribution < -0.4 is 14.2 Å². The molecule has 1 aliphatic heterocycles. The molecule has 180 valence electrons. The minimum atomic E-state index is -0.804. The lowest BCUT2D eigenvalue weighted by Gasteiger charge is -2.26. The van der Waals surface area contributed by atoms with Crippen LogP contribution in [0.3, 0.4) is 0 Å². The molecule has 0 aromatic heterocycles. The molecular formula is C28H27NO6. The molecule has 0 radical (unpaired) electrons. The summed E-state index contributed by atoms with van der Waals surface area (Å²) in [6.45, 7) is 2.53. The topological polar surface area (TPSA) is 85.3 Å². The highest BCUT2D eigenvalue weighted by atomic mass is 16.5. The van der Waals surface area contributed by atoms with E-state index in [0.717, 1.165) is 5.56 Å². The van der Waals surface area contributed by atoms with Crippen molar-refractivity contribution in [3.63, 3.8) is 0 Å². The smallest absolute Gasteiger partial charge is 0.295 e. The highest BCUT2D eigenvalue weighted by Gasteiger charge is 2.46. The minimum absolute atomic E-state index is 0.0160. The second-order valence-corrected chi connectivity index (χ2v) is 7.97. The van der Waals surface area contributed by atoms with E-state index in [1.807, 2.05) is 25.1 Å². The molecule has 7 heteroatoms. The Labute approximate surface area is 204 Å². The first-order valence-electron chi connectivity index (χ1n) is 11.3. The summed E-state index contributed by atoms with van der Waals surface area (Å²) in [5.41, 5.74) is 1.82. The van der Waals surface area contributed by atoms with Crippen LogP contribution in [0.5, 0.6) is 17.2 Å². The molecule has 1 fully saturated rings. The zero-order chi connectivity index (χ0) is 24.9. The van der Waals surface area contributed by atoms with Gasteiger partial charge in [-0.05, 0) is 42.8 Å². The first-order chi connectivity index (χ1) is 17.0. The van der Waals surface area contributed by atoms with E-state index in [4.69, 9.17) is 14.2 Å². The molecule has 7 nitrogen and oxygen atoms in total. The van der Waals surface area contributed by atoms with Gasteiger partial charge in [0.1, 0.15) is 23.0 Å². The summed E-state index contributed by atoms with van der Waals surface area (Å²) in [6, 6.07) is 20.4. The maximum Gasteiger partial charge on any atom is 0.295 e. The SMILES string of the molecule is CCOc1ccc(C2/C(=C(/O)c3cccc(OC)c3)C(=O)C(=O)N2Cc2ccccc2OC)cc1. The van der Waals surface area contributed by atoms with E-state index >= 15 is 0 Å². The Morgan fingerprint density at radius 3 is 2.34 bits per heavy atom. The Morgan fingerprint density at radius 2 is 1.66 bits per heavy atom. The standard InChI is InChI=1S/C28H27NO6/c1-4-35-21-14-12-18(13-15-21)25-24(26(30)19-9-7-10-22(16-19)33-2)27(31)28(32)29(25)17-20-8-5-6-11-23(20)34-3/h5-16,25,30H,4,17H2,1-3H3/b26-24-. The quantitative estimate of drug-likeness (QED) is 0.289. The van der Waals surface area contributed by atoms with Gasteiger partial charge in [-0.3, -0.25) is 9.59 Å². The van der Waals surface area contributed by atoms with E-state index in [1.54, 1.807) is 61.7 Å². The fourth-order valence-corrected chi connectivity index (χ4v) is 4.25. The third-order valence-corrected chi connectivity index (χ3v) is 5.92. The average molecular weight is 474 g/mol. The highest BCUT2D eigenvalue weighted by molar-refractivity contribution is 6.46. The third kappa shape index (κ3) is 4.71. The fourth-order valence-electron chi connectivity index (χ4n) is 4.25. The first kappa shape index (κ1) is 23.9. The number of para-hydroxylation sites is 1. The zero-order valence-electron chi connectivity index (χ0n) is 19.9. The molecule has 3 aromatic rings. The molecule has 4 rings (SSSR count). The summed E-state index contributed by atoms with van der Waals surface area (Å²) in [5.74, 6) is 0.0929. The van der Waals surface area contributed by atoms with Crippen LogP contribution in [-0.2, 0) is 16.1 Å². The lowest BCUT2D eigenvalue weighted by atomic mass is 9.95. The summed E-state index contributed by atoms with van der Waals surface area (Å²) < 4.78 is 16.3. The molecule has 1 heterocycles. The second kappa shape index (κ2) is 10.3. The summed E-state index contributed by atoms with van der Waals surface area (Å²) in [6.07, 6.45) is 0. The summed E-state index contributed by atoms with van der Waals surface area (Å²) >= 11 is 0. The number of amides is 1. The number of ketones is 1. The van der Waals surface area contributed by atoms with Crippen molar-refractivity contribution in [3.8, 4) is 17.2 Å². The van der Waals surface area contributed by atoms with Crippen molar-refractivity contribution >= 4 is 17.4 Å². The number of Topliss-reactive ketones (excluding diaryl/α,β-unsaturated/α-hetero) is 1. The number of carbonyl (C=O) groups excluding carboxylic acids is 2. The largest absolute Gasteiger partial charge is 0.507 e. The number of ether oxygens (including phenoxy) is 3. The van der Waals surface area contributed by atoms with Gasteiger partial charge in [0, 0.05) is 11.1 Å². The predicted octanol–water partition coefficient (Wildman–Crippen LogP) is 4.72. The monoisotopic (exact) mass is 473 g/mol. The zero-order valence-corrected chi connectivity index (χ0v) is 19.9. The van der Waals surface area contributed by atoms with Gasteiger partial charge >= 0.3 is 0 Å². The third-order valence-electron chi connectivity index (χ3n) is 5.92. The summed E-state index contributed by atoms with van der Waals surface area (Å²) in [4.78, 5) is 28.0. The van der Waals surface area contributed by atoms with E-state index in [2.05, 4.69) is 0 Å². The van der Waals surface area contributed by atoms with Crippen LogP contribution in [0, 0.1) is 0 Å². The van der Waals surface area contributed by atoms with Crippen LogP contribution >= 0.6 is 0 Å². The molecule has 1 N–H and O–H groups in total. The number of hydrogen-bond donors (Lipinski definition) is 1. The molecule has 1 saturated heterocycles. The lowest BCUT2D eigenvalue weighted by molar-refractivity contribution is -0.140. The molecule has 3 aromatic carbocycles. The molecule has 0 spiro atoms. The van der Waals surface area contributed by atoms with E-state index in [1.165, 1.54) is 12.0 Å². The fraction of sp³-hybridized carbons (Fsp3) is 0.214. The van der Waals surface area contributed by atoms with Crippen molar-refractivity contribution in [2.75, 3.05) is 20.8 Å². The van der Waals surface area contributed by atoms with Crippen LogP contribution in [0.15, 0.2) is 78.4 Å². The van der Waals surface area contributed by atoms with Gasteiger partial charge in [-0.1, -0.05) is 42.5 Å². The number of nitrogens with zero attached hydrogens (tertiary/aromatic N) is 1. The Morgan fingerprint density at radius 1 is 0.914 bits per heavy atom. The number of benzene rings is 3. The minimum Gasteiger partial charge on any atom is -0.507 e. The number of rotatable bonds is 8. The maximum absolute atomic E-state index is 13.3. The van der Waals surface area contributed by atoms with Crippen LogP contribution in [0.2, 0.25) is 0 Å². The number of carbonyl (C=O) groups is 2. The normalized spacial score (nSPS) is 16.9. The van der Waals surface area contributed by atoms with Gasteiger partial charge in [-0.25, -0.2) is 0 Å². The van der Waals surface area contributed by atoms with Crippen molar-refractivity contribution in [1.82, 2.24) is 4.90 Å². The van der Waals surface area contributed by atoms with Gasteiger partial charge in [-0.2, -0.15) is 0 Å². The Hall–Kier alpha value is -4.26. The predicted molar refractivity (Wildman–Crippen MR) is 131 cm³/mol. The molecular weight excluding hydrogens is 446 g/mol. The lowest BCUT2D eigenvalue weighted by Crippen LogP contribution is -2.29. The number of aliphatic hydroxyl groups excluding tert-OH is 1.